The minimum absolute atomic E-state index is 0.179. The highest BCUT2D eigenvalue weighted by molar-refractivity contribution is 6.11. The molecule has 0 aliphatic carbocycles. The first kappa shape index (κ1) is 24.6. The first-order chi connectivity index (χ1) is 16.6. The molecule has 1 aromatic heterocycles. The van der Waals surface area contributed by atoms with Gasteiger partial charge in [0.1, 0.15) is 5.69 Å². The van der Waals surface area contributed by atoms with Crippen LogP contribution in [0.3, 0.4) is 0 Å². The van der Waals surface area contributed by atoms with Crippen molar-refractivity contribution in [1.82, 2.24) is 4.98 Å². The summed E-state index contributed by atoms with van der Waals surface area (Å²) in [5, 5.41) is 3.63. The third kappa shape index (κ3) is 5.12. The summed E-state index contributed by atoms with van der Waals surface area (Å²) in [5.74, 6) is -0.830. The van der Waals surface area contributed by atoms with Gasteiger partial charge < -0.3 is 24.8 Å². The fourth-order valence-electron chi connectivity index (χ4n) is 4.47. The average Bonchev–Trinajstić information content (AvgIpc) is 3.20. The van der Waals surface area contributed by atoms with Crippen LogP contribution in [-0.4, -0.2) is 56.2 Å². The van der Waals surface area contributed by atoms with Crippen LogP contribution in [0.2, 0.25) is 0 Å². The van der Waals surface area contributed by atoms with Crippen LogP contribution in [-0.2, 0) is 15.7 Å². The summed E-state index contributed by atoms with van der Waals surface area (Å²) in [7, 11) is 1.28. The van der Waals surface area contributed by atoms with Crippen LogP contribution in [0.25, 0.3) is 10.9 Å². The number of amides is 1. The number of piperazine rings is 1. The van der Waals surface area contributed by atoms with E-state index >= 15 is 0 Å². The fourth-order valence-corrected chi connectivity index (χ4v) is 4.47. The number of methoxy groups -OCH3 is 1. The van der Waals surface area contributed by atoms with Crippen molar-refractivity contribution in [3.8, 4) is 0 Å². The van der Waals surface area contributed by atoms with E-state index in [2.05, 4.69) is 10.3 Å². The van der Waals surface area contributed by atoms with Crippen molar-refractivity contribution in [3.05, 3.63) is 59.3 Å². The summed E-state index contributed by atoms with van der Waals surface area (Å²) in [6, 6.07) is 10.5. The van der Waals surface area contributed by atoms with Crippen LogP contribution in [0, 0.1) is 6.92 Å². The van der Waals surface area contributed by atoms with Gasteiger partial charge in [-0.3, -0.25) is 4.79 Å². The Labute approximate surface area is 200 Å². The van der Waals surface area contributed by atoms with Crippen molar-refractivity contribution in [1.29, 1.82) is 0 Å². The normalized spacial score (nSPS) is 15.8. The maximum Gasteiger partial charge on any atom is 0.416 e. The average molecular weight is 490 g/mol. The lowest BCUT2D eigenvalue weighted by Crippen LogP contribution is -3.19. The summed E-state index contributed by atoms with van der Waals surface area (Å²) in [4.78, 5) is 31.4. The Morgan fingerprint density at radius 2 is 1.86 bits per heavy atom. The van der Waals surface area contributed by atoms with Crippen LogP contribution in [0.5, 0.6) is 0 Å². The molecular formula is C25H28F3N4O3+. The highest BCUT2D eigenvalue weighted by atomic mass is 19.4. The molecule has 0 bridgehead atoms. The number of halogens is 3. The minimum Gasteiger partial charge on any atom is -0.464 e. The molecule has 2 heterocycles. The second-order valence-electron chi connectivity index (χ2n) is 8.82. The first-order valence-electron chi connectivity index (χ1n) is 11.4. The van der Waals surface area contributed by atoms with E-state index in [1.54, 1.807) is 6.07 Å². The van der Waals surface area contributed by atoms with Gasteiger partial charge in [-0.1, -0.05) is 17.7 Å². The van der Waals surface area contributed by atoms with Crippen LogP contribution in [0.1, 0.15) is 28.5 Å². The molecule has 1 amide bonds. The number of fused-ring (bicyclic) bond motifs is 1. The number of rotatable bonds is 5. The zero-order valence-electron chi connectivity index (χ0n) is 19.8. The number of nitrogens with one attached hydrogen (secondary N) is 3. The number of anilines is 2. The Morgan fingerprint density at radius 3 is 2.51 bits per heavy atom. The highest BCUT2D eigenvalue weighted by Crippen LogP contribution is 2.32. The smallest absolute Gasteiger partial charge is 0.416 e. The number of hydrogen-bond acceptors (Lipinski definition) is 4. The number of esters is 1. The van der Waals surface area contributed by atoms with E-state index in [-0.39, 0.29) is 11.6 Å². The third-order valence-electron chi connectivity index (χ3n) is 6.54. The molecule has 1 atom stereocenters. The maximum absolute atomic E-state index is 13.2. The zero-order chi connectivity index (χ0) is 25.3. The SMILES string of the molecule is COC(=O)c1[nH]c2ccc(C)cc2c1NC(=O)[C@@H](C)[NH+]1CCN(c2cccc(C(F)(F)F)c2)CC1. The zero-order valence-corrected chi connectivity index (χ0v) is 19.8. The largest absolute Gasteiger partial charge is 0.464 e. The summed E-state index contributed by atoms with van der Waals surface area (Å²) in [5.41, 5.74) is 2.10. The molecule has 35 heavy (non-hydrogen) atoms. The van der Waals surface area contributed by atoms with E-state index < -0.39 is 23.8 Å². The molecule has 0 radical (unpaired) electrons. The molecule has 186 valence electrons. The molecule has 0 saturated carbocycles. The van der Waals surface area contributed by atoms with Gasteiger partial charge in [0.25, 0.3) is 5.91 Å². The molecule has 0 spiro atoms. The number of aromatic amines is 1. The van der Waals surface area contributed by atoms with Gasteiger partial charge in [0.2, 0.25) is 0 Å². The quantitative estimate of drug-likeness (QED) is 0.482. The molecule has 3 aromatic rings. The van der Waals surface area contributed by atoms with Crippen LogP contribution >= 0.6 is 0 Å². The fraction of sp³-hybridized carbons (Fsp3) is 0.360. The van der Waals surface area contributed by atoms with E-state index in [4.69, 9.17) is 4.74 Å². The van der Waals surface area contributed by atoms with E-state index in [0.29, 0.717) is 43.1 Å². The van der Waals surface area contributed by atoms with Crippen molar-refractivity contribution >= 4 is 34.2 Å². The number of carbonyl (C=O) groups excluding carboxylic acids is 2. The number of alkyl halides is 3. The van der Waals surface area contributed by atoms with Gasteiger partial charge in [0.05, 0.1) is 44.5 Å². The lowest BCUT2D eigenvalue weighted by atomic mass is 10.1. The Balaban J connectivity index is 1.46. The molecule has 7 nitrogen and oxygen atoms in total. The lowest BCUT2D eigenvalue weighted by Gasteiger charge is -2.36. The van der Waals surface area contributed by atoms with Crippen LogP contribution in [0.4, 0.5) is 24.5 Å². The molecule has 1 saturated heterocycles. The number of aromatic nitrogens is 1. The maximum atomic E-state index is 13.2. The number of aryl methyl sites for hydroxylation is 1. The van der Waals surface area contributed by atoms with Gasteiger partial charge in [-0.2, -0.15) is 13.2 Å². The molecule has 3 N–H and O–H groups in total. The van der Waals surface area contributed by atoms with E-state index in [1.807, 2.05) is 36.9 Å². The minimum atomic E-state index is -4.39. The van der Waals surface area contributed by atoms with Gasteiger partial charge in [0.15, 0.2) is 6.04 Å². The molecule has 10 heteroatoms. The summed E-state index contributed by atoms with van der Waals surface area (Å²) in [6.45, 7) is 5.94. The predicted molar refractivity (Wildman–Crippen MR) is 127 cm³/mol. The number of hydrogen-bond donors (Lipinski definition) is 3. The second-order valence-corrected chi connectivity index (χ2v) is 8.82. The van der Waals surface area contributed by atoms with E-state index in [9.17, 15) is 22.8 Å². The summed E-state index contributed by atoms with van der Waals surface area (Å²) < 4.78 is 44.1. The second kappa shape index (κ2) is 9.61. The molecule has 1 aliphatic heterocycles. The Hall–Kier alpha value is -3.53. The van der Waals surface area contributed by atoms with Gasteiger partial charge >= 0.3 is 12.1 Å². The summed E-state index contributed by atoms with van der Waals surface area (Å²) >= 11 is 0. The molecule has 1 aliphatic rings. The third-order valence-corrected chi connectivity index (χ3v) is 6.54. The monoisotopic (exact) mass is 489 g/mol. The number of ether oxygens (including phenoxy) is 1. The van der Waals surface area contributed by atoms with Crippen molar-refractivity contribution < 1.29 is 32.4 Å². The lowest BCUT2D eigenvalue weighted by molar-refractivity contribution is -0.914. The number of carbonyl (C=O) groups is 2. The number of H-pyrrole nitrogens is 1. The van der Waals surface area contributed by atoms with Crippen LogP contribution in [0.15, 0.2) is 42.5 Å². The molecule has 2 aromatic carbocycles. The Kier molecular flexibility index (Phi) is 6.75. The topological polar surface area (TPSA) is 78.9 Å². The van der Waals surface area contributed by atoms with Gasteiger partial charge in [-0.25, -0.2) is 4.79 Å². The van der Waals surface area contributed by atoms with Gasteiger partial charge in [-0.15, -0.1) is 0 Å². The van der Waals surface area contributed by atoms with Crippen LogP contribution < -0.4 is 15.1 Å². The predicted octanol–water partition coefficient (Wildman–Crippen LogP) is 3.01. The van der Waals surface area contributed by atoms with Crippen molar-refractivity contribution in [2.24, 2.45) is 0 Å². The Morgan fingerprint density at radius 1 is 1.14 bits per heavy atom. The van der Waals surface area contributed by atoms with Gasteiger partial charge in [-0.05, 0) is 44.2 Å². The molecule has 1 fully saturated rings. The molecule has 0 unspecified atom stereocenters. The molecular weight excluding hydrogens is 461 g/mol. The number of benzene rings is 2. The highest BCUT2D eigenvalue weighted by Gasteiger charge is 2.33. The van der Waals surface area contributed by atoms with Crippen molar-refractivity contribution in [2.45, 2.75) is 26.1 Å². The first-order valence-corrected chi connectivity index (χ1v) is 11.4. The van der Waals surface area contributed by atoms with Crippen molar-refractivity contribution in [2.75, 3.05) is 43.5 Å². The van der Waals surface area contributed by atoms with E-state index in [0.717, 1.165) is 28.0 Å². The number of quaternary nitrogens is 1. The van der Waals surface area contributed by atoms with Gasteiger partial charge in [0, 0.05) is 16.6 Å². The summed E-state index contributed by atoms with van der Waals surface area (Å²) in [6.07, 6.45) is -4.39. The molecule has 4 rings (SSSR count). The number of nitrogens with zero attached hydrogens (tertiary/aromatic N) is 1. The van der Waals surface area contributed by atoms with Crippen molar-refractivity contribution in [3.63, 3.8) is 0 Å². The Bertz CT molecular complexity index is 1250. The van der Waals surface area contributed by atoms with E-state index in [1.165, 1.54) is 13.2 Å². The standard InChI is InChI=1S/C25H27F3N4O3/c1-15-7-8-20-19(13-15)21(22(29-20)24(34)35-3)30-23(33)16(2)31-9-11-32(12-10-31)18-6-4-5-17(14-18)25(26,27)28/h4-8,13-14,16,29H,9-12H2,1-3H3,(H,30,33)/p+1/t16-/m1/s1.